The molecule has 2 aromatic rings. The van der Waals surface area contributed by atoms with Gasteiger partial charge >= 0.3 is 0 Å². The lowest BCUT2D eigenvalue weighted by atomic mass is 10.3. The number of aryl methyl sites for hydroxylation is 2. The fourth-order valence-corrected chi connectivity index (χ4v) is 2.50. The predicted molar refractivity (Wildman–Crippen MR) is 68.6 cm³/mol. The van der Waals surface area contributed by atoms with Crippen LogP contribution in [0.4, 0.5) is 10.8 Å². The Bertz CT molecular complexity index is 582. The molecular weight excluding hydrogens is 232 g/mol. The first-order valence-corrected chi connectivity index (χ1v) is 6.03. The molecule has 0 atom stereocenters. The standard InChI is InChI=1S/C12H12N4S/c1-8-4-5-17-12(8)16(3)11-6-10(7-13)14-9(2)15-11/h4-6H,1-3H3. The van der Waals surface area contributed by atoms with Crippen LogP contribution < -0.4 is 4.90 Å². The third-order valence-electron chi connectivity index (χ3n) is 2.42. The Labute approximate surface area is 104 Å². The molecule has 0 N–H and O–H groups in total. The maximum atomic E-state index is 8.90. The van der Waals surface area contributed by atoms with Gasteiger partial charge in [0.15, 0.2) is 0 Å². The summed E-state index contributed by atoms with van der Waals surface area (Å²) in [4.78, 5) is 10.4. The molecule has 0 aliphatic carbocycles. The van der Waals surface area contributed by atoms with Gasteiger partial charge in [-0.25, -0.2) is 9.97 Å². The van der Waals surface area contributed by atoms with Gasteiger partial charge in [0.25, 0.3) is 0 Å². The van der Waals surface area contributed by atoms with E-state index in [1.54, 1.807) is 24.3 Å². The number of nitrogens with zero attached hydrogens (tertiary/aromatic N) is 4. The summed E-state index contributed by atoms with van der Waals surface area (Å²) in [5.74, 6) is 1.36. The molecule has 0 saturated heterocycles. The number of aromatic nitrogens is 2. The largest absolute Gasteiger partial charge is 0.321 e. The van der Waals surface area contributed by atoms with Crippen LogP contribution >= 0.6 is 11.3 Å². The summed E-state index contributed by atoms with van der Waals surface area (Å²) < 4.78 is 0. The van der Waals surface area contributed by atoms with E-state index in [1.807, 2.05) is 23.4 Å². The topological polar surface area (TPSA) is 52.8 Å². The van der Waals surface area contributed by atoms with Crippen LogP contribution in [0, 0.1) is 25.2 Å². The molecule has 0 amide bonds. The van der Waals surface area contributed by atoms with E-state index < -0.39 is 0 Å². The van der Waals surface area contributed by atoms with Crippen molar-refractivity contribution in [2.45, 2.75) is 13.8 Å². The third-order valence-corrected chi connectivity index (χ3v) is 3.51. The van der Waals surface area contributed by atoms with Gasteiger partial charge in [0.1, 0.15) is 23.4 Å². The molecule has 0 aliphatic rings. The van der Waals surface area contributed by atoms with Crippen LogP contribution in [0.2, 0.25) is 0 Å². The number of hydrogen-bond acceptors (Lipinski definition) is 5. The second-order valence-electron chi connectivity index (χ2n) is 3.74. The van der Waals surface area contributed by atoms with Gasteiger partial charge in [-0.15, -0.1) is 11.3 Å². The quantitative estimate of drug-likeness (QED) is 0.815. The Hall–Kier alpha value is -1.93. The van der Waals surface area contributed by atoms with Crippen molar-refractivity contribution >= 4 is 22.2 Å². The Morgan fingerprint density at radius 1 is 1.35 bits per heavy atom. The van der Waals surface area contributed by atoms with Crippen molar-refractivity contribution in [3.63, 3.8) is 0 Å². The molecule has 0 bridgehead atoms. The first-order valence-electron chi connectivity index (χ1n) is 5.15. The Morgan fingerprint density at radius 3 is 2.71 bits per heavy atom. The van der Waals surface area contributed by atoms with Gasteiger partial charge in [-0.05, 0) is 30.9 Å². The van der Waals surface area contributed by atoms with E-state index in [0.29, 0.717) is 11.5 Å². The van der Waals surface area contributed by atoms with Crippen LogP contribution in [0.3, 0.4) is 0 Å². The van der Waals surface area contributed by atoms with Gasteiger partial charge in [0.2, 0.25) is 0 Å². The molecule has 2 heterocycles. The van der Waals surface area contributed by atoms with Crippen LogP contribution in [0.25, 0.3) is 0 Å². The zero-order valence-electron chi connectivity index (χ0n) is 9.93. The fraction of sp³-hybridized carbons (Fsp3) is 0.250. The fourth-order valence-electron chi connectivity index (χ4n) is 1.59. The molecule has 5 heteroatoms. The maximum Gasteiger partial charge on any atom is 0.146 e. The molecule has 17 heavy (non-hydrogen) atoms. The number of thiophene rings is 1. The smallest absolute Gasteiger partial charge is 0.146 e. The van der Waals surface area contributed by atoms with Crippen molar-refractivity contribution in [2.24, 2.45) is 0 Å². The molecule has 0 aliphatic heterocycles. The summed E-state index contributed by atoms with van der Waals surface area (Å²) in [7, 11) is 1.95. The van der Waals surface area contributed by atoms with Crippen LogP contribution in [-0.4, -0.2) is 17.0 Å². The Kier molecular flexibility index (Phi) is 3.07. The van der Waals surface area contributed by atoms with Gasteiger partial charge < -0.3 is 4.90 Å². The van der Waals surface area contributed by atoms with E-state index in [0.717, 1.165) is 10.8 Å². The lowest BCUT2D eigenvalue weighted by Gasteiger charge is -2.17. The first kappa shape index (κ1) is 11.6. The van der Waals surface area contributed by atoms with Crippen molar-refractivity contribution in [3.8, 4) is 6.07 Å². The lowest BCUT2D eigenvalue weighted by molar-refractivity contribution is 1.00. The molecule has 4 nitrogen and oxygen atoms in total. The van der Waals surface area contributed by atoms with Crippen LogP contribution in [0.15, 0.2) is 17.5 Å². The highest BCUT2D eigenvalue weighted by atomic mass is 32.1. The van der Waals surface area contributed by atoms with Crippen molar-refractivity contribution in [3.05, 3.63) is 34.6 Å². The van der Waals surface area contributed by atoms with Crippen molar-refractivity contribution < 1.29 is 0 Å². The monoisotopic (exact) mass is 244 g/mol. The summed E-state index contributed by atoms with van der Waals surface area (Å²) in [5, 5.41) is 12.1. The Morgan fingerprint density at radius 2 is 2.12 bits per heavy atom. The minimum absolute atomic E-state index is 0.397. The van der Waals surface area contributed by atoms with E-state index in [4.69, 9.17) is 5.26 Å². The molecule has 0 fully saturated rings. The van der Waals surface area contributed by atoms with Crippen molar-refractivity contribution in [1.29, 1.82) is 5.26 Å². The SMILES string of the molecule is Cc1nc(C#N)cc(N(C)c2sccc2C)n1. The highest BCUT2D eigenvalue weighted by Crippen LogP contribution is 2.30. The number of rotatable bonds is 2. The summed E-state index contributed by atoms with van der Waals surface area (Å²) in [6.07, 6.45) is 0. The molecule has 2 rings (SSSR count). The Balaban J connectivity index is 2.44. The van der Waals surface area contributed by atoms with Gasteiger partial charge in [0, 0.05) is 13.1 Å². The molecular formula is C12H12N4S. The highest BCUT2D eigenvalue weighted by Gasteiger charge is 2.11. The molecule has 0 unspecified atom stereocenters. The minimum Gasteiger partial charge on any atom is -0.321 e. The number of hydrogen-bond donors (Lipinski definition) is 0. The first-order chi connectivity index (χ1) is 8.11. The van der Waals surface area contributed by atoms with Crippen LogP contribution in [-0.2, 0) is 0 Å². The normalized spacial score (nSPS) is 10.0. The van der Waals surface area contributed by atoms with E-state index in [1.165, 1.54) is 5.56 Å². The predicted octanol–water partition coefficient (Wildman–Crippen LogP) is 2.79. The molecule has 2 aromatic heterocycles. The average Bonchev–Trinajstić information content (AvgIpc) is 2.73. The minimum atomic E-state index is 0.397. The molecule has 86 valence electrons. The second kappa shape index (κ2) is 4.52. The lowest BCUT2D eigenvalue weighted by Crippen LogP contribution is -2.12. The molecule has 0 saturated carbocycles. The van der Waals surface area contributed by atoms with Crippen molar-refractivity contribution in [2.75, 3.05) is 11.9 Å². The van der Waals surface area contributed by atoms with E-state index in [-0.39, 0.29) is 0 Å². The maximum absolute atomic E-state index is 8.90. The van der Waals surface area contributed by atoms with Gasteiger partial charge in [0.05, 0.1) is 5.00 Å². The highest BCUT2D eigenvalue weighted by molar-refractivity contribution is 7.14. The molecule has 0 aromatic carbocycles. The third kappa shape index (κ3) is 2.27. The zero-order chi connectivity index (χ0) is 12.4. The summed E-state index contributed by atoms with van der Waals surface area (Å²) in [6, 6.07) is 5.81. The van der Waals surface area contributed by atoms with Crippen molar-refractivity contribution in [1.82, 2.24) is 9.97 Å². The van der Waals surface area contributed by atoms with Crippen LogP contribution in [0.5, 0.6) is 0 Å². The average molecular weight is 244 g/mol. The van der Waals surface area contributed by atoms with Crippen LogP contribution in [0.1, 0.15) is 17.1 Å². The van der Waals surface area contributed by atoms with Gasteiger partial charge in [-0.1, -0.05) is 0 Å². The summed E-state index contributed by atoms with van der Waals surface area (Å²) in [6.45, 7) is 3.85. The van der Waals surface area contributed by atoms with E-state index in [2.05, 4.69) is 23.0 Å². The van der Waals surface area contributed by atoms with E-state index >= 15 is 0 Å². The number of nitriles is 1. The molecule has 0 spiro atoms. The summed E-state index contributed by atoms with van der Waals surface area (Å²) >= 11 is 1.65. The number of anilines is 2. The summed E-state index contributed by atoms with van der Waals surface area (Å²) in [5.41, 5.74) is 1.60. The second-order valence-corrected chi connectivity index (χ2v) is 4.63. The van der Waals surface area contributed by atoms with E-state index in [9.17, 15) is 0 Å². The molecule has 0 radical (unpaired) electrons. The van der Waals surface area contributed by atoms with Gasteiger partial charge in [-0.3, -0.25) is 0 Å². The van der Waals surface area contributed by atoms with Gasteiger partial charge in [-0.2, -0.15) is 5.26 Å². The zero-order valence-corrected chi connectivity index (χ0v) is 10.7.